The Morgan fingerprint density at radius 2 is 2.30 bits per heavy atom. The molecule has 2 N–H and O–H groups in total. The lowest BCUT2D eigenvalue weighted by atomic mass is 10.9. The van der Waals surface area contributed by atoms with Crippen LogP contribution in [0.3, 0.4) is 0 Å². The fourth-order valence-corrected chi connectivity index (χ4v) is 1.12. The Morgan fingerprint density at radius 1 is 1.80 bits per heavy atom. The van der Waals surface area contributed by atoms with E-state index in [0.717, 1.165) is 0 Å². The highest BCUT2D eigenvalue weighted by atomic mass is 31.2. The van der Waals surface area contributed by atoms with E-state index in [1.165, 1.54) is 14.0 Å². The summed E-state index contributed by atoms with van der Waals surface area (Å²) in [5, 5.41) is 2.01. The summed E-state index contributed by atoms with van der Waals surface area (Å²) in [7, 11) is -2.77. The quantitative estimate of drug-likeness (QED) is 0.601. The van der Waals surface area contributed by atoms with E-state index in [9.17, 15) is 9.36 Å². The van der Waals surface area contributed by atoms with Crippen molar-refractivity contribution in [1.29, 1.82) is 0 Å². The van der Waals surface area contributed by atoms with Crippen molar-refractivity contribution >= 4 is 13.2 Å². The van der Waals surface area contributed by atoms with E-state index < -0.39 is 13.2 Å². The zero-order valence-corrected chi connectivity index (χ0v) is 6.72. The zero-order chi connectivity index (χ0) is 8.20. The van der Waals surface area contributed by atoms with Crippen LogP contribution in [0, 0.1) is 0 Å². The maximum absolute atomic E-state index is 10.7. The summed E-state index contributed by atoms with van der Waals surface area (Å²) in [6, 6.07) is 0. The summed E-state index contributed by atoms with van der Waals surface area (Å²) in [5.74, 6) is 0. The highest BCUT2D eigenvalue weighted by Crippen LogP contribution is 2.41. The van der Waals surface area contributed by atoms with Gasteiger partial charge in [0.2, 0.25) is 0 Å². The molecule has 0 aromatic rings. The van der Waals surface area contributed by atoms with E-state index in [4.69, 9.17) is 4.89 Å². The van der Waals surface area contributed by atoms with Gasteiger partial charge in [0, 0.05) is 7.05 Å². The largest absolute Gasteiger partial charge is 0.415 e. The molecule has 0 bridgehead atoms. The predicted octanol–water partition coefficient (Wildman–Crippen LogP) is 0.548. The van der Waals surface area contributed by atoms with Crippen molar-refractivity contribution in [3.8, 4) is 0 Å². The Balaban J connectivity index is 4.11. The molecule has 0 radical (unpaired) electrons. The van der Waals surface area contributed by atoms with Crippen LogP contribution >= 0.6 is 7.60 Å². The monoisotopic (exact) mass is 167 g/mol. The third kappa shape index (κ3) is 2.47. The predicted molar refractivity (Wildman–Crippen MR) is 35.9 cm³/mol. The van der Waals surface area contributed by atoms with Crippen LogP contribution in [0.5, 0.6) is 0 Å². The minimum atomic E-state index is -4.03. The first-order chi connectivity index (χ1) is 4.54. The van der Waals surface area contributed by atoms with Crippen molar-refractivity contribution in [2.45, 2.75) is 6.92 Å². The van der Waals surface area contributed by atoms with Gasteiger partial charge in [0.25, 0.3) is 0 Å². The standard InChI is InChI=1S/C4H10NO4P/c1-3-9-10(7,8)4(6)5-2/h3H2,1-2H3,(H,5,6)(H,7,8). The van der Waals surface area contributed by atoms with Gasteiger partial charge in [0.05, 0.1) is 6.61 Å². The van der Waals surface area contributed by atoms with Crippen molar-refractivity contribution in [2.24, 2.45) is 0 Å². The van der Waals surface area contributed by atoms with Crippen LogP contribution < -0.4 is 5.32 Å². The fourth-order valence-electron chi connectivity index (χ4n) is 0.375. The van der Waals surface area contributed by atoms with E-state index in [2.05, 4.69) is 4.52 Å². The van der Waals surface area contributed by atoms with E-state index in [1.807, 2.05) is 5.32 Å². The lowest BCUT2D eigenvalue weighted by Crippen LogP contribution is -2.16. The molecule has 0 heterocycles. The smallest absolute Gasteiger partial charge is 0.349 e. The highest BCUT2D eigenvalue weighted by molar-refractivity contribution is 7.70. The average molecular weight is 167 g/mol. The zero-order valence-electron chi connectivity index (χ0n) is 5.83. The van der Waals surface area contributed by atoms with Crippen LogP contribution in [-0.4, -0.2) is 24.2 Å². The van der Waals surface area contributed by atoms with Crippen LogP contribution in [0.1, 0.15) is 6.92 Å². The summed E-state index contributed by atoms with van der Waals surface area (Å²) < 4.78 is 14.9. The van der Waals surface area contributed by atoms with Crippen LogP contribution in [0.4, 0.5) is 4.79 Å². The van der Waals surface area contributed by atoms with Gasteiger partial charge in [-0.2, -0.15) is 0 Å². The second-order valence-corrected chi connectivity index (χ2v) is 3.20. The SMILES string of the molecule is CCOP(=O)(O)C(=O)NC. The number of carbonyl (C=O) groups excluding carboxylic acids is 1. The number of carbonyl (C=O) groups is 1. The Morgan fingerprint density at radius 3 is 2.60 bits per heavy atom. The Hall–Kier alpha value is -0.380. The van der Waals surface area contributed by atoms with Crippen LogP contribution in [0.2, 0.25) is 0 Å². The van der Waals surface area contributed by atoms with Crippen molar-refractivity contribution in [2.75, 3.05) is 13.7 Å². The molecular weight excluding hydrogens is 157 g/mol. The van der Waals surface area contributed by atoms with E-state index in [1.54, 1.807) is 0 Å². The number of nitrogens with one attached hydrogen (secondary N) is 1. The highest BCUT2D eigenvalue weighted by Gasteiger charge is 2.28. The Kier molecular flexibility index (Phi) is 3.57. The molecule has 0 rings (SSSR count). The van der Waals surface area contributed by atoms with E-state index in [-0.39, 0.29) is 6.61 Å². The molecule has 6 heteroatoms. The lowest BCUT2D eigenvalue weighted by Gasteiger charge is -2.06. The minimum absolute atomic E-state index is 0.0429. The van der Waals surface area contributed by atoms with Gasteiger partial charge in [-0.05, 0) is 6.92 Å². The second-order valence-electron chi connectivity index (χ2n) is 1.49. The average Bonchev–Trinajstić information content (AvgIpc) is 1.86. The fraction of sp³-hybridized carbons (Fsp3) is 0.750. The topological polar surface area (TPSA) is 75.6 Å². The van der Waals surface area contributed by atoms with Crippen molar-refractivity contribution in [3.05, 3.63) is 0 Å². The molecule has 0 aliphatic carbocycles. The third-order valence-electron chi connectivity index (χ3n) is 0.775. The molecule has 0 spiro atoms. The van der Waals surface area contributed by atoms with Gasteiger partial charge in [-0.15, -0.1) is 0 Å². The molecule has 1 atom stereocenters. The molecule has 0 saturated heterocycles. The van der Waals surface area contributed by atoms with Gasteiger partial charge in [-0.3, -0.25) is 4.79 Å². The number of rotatable bonds is 3. The molecule has 0 saturated carbocycles. The van der Waals surface area contributed by atoms with Gasteiger partial charge < -0.3 is 14.7 Å². The van der Waals surface area contributed by atoms with Gasteiger partial charge in [-0.25, -0.2) is 4.57 Å². The number of hydrogen-bond donors (Lipinski definition) is 2. The van der Waals surface area contributed by atoms with Crippen LogP contribution in [0.15, 0.2) is 0 Å². The maximum Gasteiger partial charge on any atom is 0.415 e. The Bertz CT molecular complexity index is 169. The van der Waals surface area contributed by atoms with E-state index >= 15 is 0 Å². The molecule has 0 fully saturated rings. The first-order valence-corrected chi connectivity index (χ1v) is 4.32. The third-order valence-corrected chi connectivity index (χ3v) is 2.12. The molecule has 10 heavy (non-hydrogen) atoms. The van der Waals surface area contributed by atoms with E-state index in [0.29, 0.717) is 0 Å². The summed E-state index contributed by atoms with van der Waals surface area (Å²) in [5.41, 5.74) is -0.977. The molecule has 5 nitrogen and oxygen atoms in total. The first kappa shape index (κ1) is 9.62. The van der Waals surface area contributed by atoms with Crippen molar-refractivity contribution < 1.29 is 18.8 Å². The summed E-state index contributed by atoms with van der Waals surface area (Å²) in [4.78, 5) is 19.2. The number of amides is 1. The molecule has 1 amide bonds. The van der Waals surface area contributed by atoms with Crippen molar-refractivity contribution in [3.63, 3.8) is 0 Å². The molecule has 0 aromatic carbocycles. The molecule has 0 aliphatic heterocycles. The second kappa shape index (κ2) is 3.71. The van der Waals surface area contributed by atoms with Gasteiger partial charge in [0.15, 0.2) is 0 Å². The maximum atomic E-state index is 10.7. The van der Waals surface area contributed by atoms with Crippen LogP contribution in [0.25, 0.3) is 0 Å². The molecule has 0 aromatic heterocycles. The van der Waals surface area contributed by atoms with Gasteiger partial charge in [0.1, 0.15) is 0 Å². The number of hydrogen-bond acceptors (Lipinski definition) is 3. The molecule has 60 valence electrons. The van der Waals surface area contributed by atoms with Crippen molar-refractivity contribution in [1.82, 2.24) is 5.32 Å². The summed E-state index contributed by atoms with van der Waals surface area (Å²) in [6.45, 7) is 1.58. The first-order valence-electron chi connectivity index (χ1n) is 2.74. The molecule has 0 aliphatic rings. The van der Waals surface area contributed by atoms with Crippen LogP contribution in [-0.2, 0) is 9.09 Å². The molecule has 1 unspecified atom stereocenters. The Labute approximate surface area is 58.9 Å². The van der Waals surface area contributed by atoms with Gasteiger partial charge >= 0.3 is 13.2 Å². The molecular formula is C4H10NO4P. The summed E-state index contributed by atoms with van der Waals surface area (Å²) in [6.07, 6.45) is 0. The minimum Gasteiger partial charge on any atom is -0.349 e. The summed E-state index contributed by atoms with van der Waals surface area (Å²) >= 11 is 0. The normalized spacial score (nSPS) is 15.9. The van der Waals surface area contributed by atoms with Gasteiger partial charge in [-0.1, -0.05) is 0 Å². The lowest BCUT2D eigenvalue weighted by molar-refractivity contribution is 0.235.